The number of fused-ring (bicyclic) bond motifs is 3. The van der Waals surface area contributed by atoms with Crippen molar-refractivity contribution in [3.05, 3.63) is 47.9 Å². The van der Waals surface area contributed by atoms with Gasteiger partial charge in [0.15, 0.2) is 5.66 Å². The molecule has 0 amide bonds. The monoisotopic (exact) mass is 276 g/mol. The molecular weight excluding hydrogens is 260 g/mol. The van der Waals surface area contributed by atoms with Crippen molar-refractivity contribution >= 4 is 28.8 Å². The van der Waals surface area contributed by atoms with E-state index in [1.54, 1.807) is 12.4 Å². The third-order valence-electron chi connectivity index (χ3n) is 4.09. The fraction of sp³-hybridized carbons (Fsp3) is 0.235. The van der Waals surface area contributed by atoms with Crippen LogP contribution >= 0.6 is 0 Å². The van der Waals surface area contributed by atoms with Crippen molar-refractivity contribution < 1.29 is 0 Å². The Morgan fingerprint density at radius 1 is 1.10 bits per heavy atom. The van der Waals surface area contributed by atoms with Crippen LogP contribution in [0.1, 0.15) is 18.3 Å². The molecular formula is C17H16N4. The van der Waals surface area contributed by atoms with Crippen LogP contribution in [0.2, 0.25) is 0 Å². The second-order valence-corrected chi connectivity index (χ2v) is 5.69. The first-order chi connectivity index (χ1) is 10.2. The van der Waals surface area contributed by atoms with Gasteiger partial charge >= 0.3 is 0 Å². The summed E-state index contributed by atoms with van der Waals surface area (Å²) in [7, 11) is 0. The maximum Gasteiger partial charge on any atom is 0.152 e. The lowest BCUT2D eigenvalue weighted by Gasteiger charge is -2.17. The summed E-state index contributed by atoms with van der Waals surface area (Å²) >= 11 is 0. The van der Waals surface area contributed by atoms with Gasteiger partial charge in [-0.1, -0.05) is 24.3 Å². The number of hydrogen-bond acceptors (Lipinski definition) is 3. The largest absolute Gasteiger partial charge is 0.303 e. The highest BCUT2D eigenvalue weighted by Crippen LogP contribution is 2.27. The quantitative estimate of drug-likeness (QED) is 0.708. The zero-order chi connectivity index (χ0) is 14.4. The van der Waals surface area contributed by atoms with E-state index in [-0.39, 0.29) is 0 Å². The van der Waals surface area contributed by atoms with E-state index in [1.165, 1.54) is 16.5 Å². The second-order valence-electron chi connectivity index (χ2n) is 5.69. The van der Waals surface area contributed by atoms with Crippen molar-refractivity contribution in [1.82, 2.24) is 9.38 Å². The van der Waals surface area contributed by atoms with Crippen LogP contribution in [0.15, 0.2) is 46.5 Å². The highest BCUT2D eigenvalue weighted by Gasteiger charge is 2.26. The summed E-state index contributed by atoms with van der Waals surface area (Å²) in [5, 5.41) is 2.39. The summed E-state index contributed by atoms with van der Waals surface area (Å²) in [6.07, 6.45) is 6.39. The van der Waals surface area contributed by atoms with Gasteiger partial charge in [-0.25, -0.2) is 4.98 Å². The van der Waals surface area contributed by atoms with Gasteiger partial charge in [-0.3, -0.25) is 9.98 Å². The van der Waals surface area contributed by atoms with E-state index < -0.39 is 5.66 Å². The number of hydrogen-bond donors (Lipinski definition) is 0. The zero-order valence-electron chi connectivity index (χ0n) is 12.1. The summed E-state index contributed by atoms with van der Waals surface area (Å²) in [5.41, 5.74) is 2.83. The molecule has 3 heterocycles. The Morgan fingerprint density at radius 2 is 1.86 bits per heavy atom. The second kappa shape index (κ2) is 4.25. The van der Waals surface area contributed by atoms with Gasteiger partial charge in [-0.15, -0.1) is 0 Å². The van der Waals surface area contributed by atoms with Crippen LogP contribution in [0.4, 0.5) is 0 Å². The predicted molar refractivity (Wildman–Crippen MR) is 86.5 cm³/mol. The van der Waals surface area contributed by atoms with E-state index in [0.29, 0.717) is 0 Å². The van der Waals surface area contributed by atoms with Crippen molar-refractivity contribution in [1.29, 1.82) is 0 Å². The fourth-order valence-corrected chi connectivity index (χ4v) is 2.97. The molecule has 0 saturated heterocycles. The number of pyridine rings is 1. The van der Waals surface area contributed by atoms with Crippen molar-refractivity contribution in [2.24, 2.45) is 9.98 Å². The first-order valence-corrected chi connectivity index (χ1v) is 7.11. The van der Waals surface area contributed by atoms with E-state index in [4.69, 9.17) is 4.98 Å². The minimum Gasteiger partial charge on any atom is -0.303 e. The smallest absolute Gasteiger partial charge is 0.152 e. The van der Waals surface area contributed by atoms with Crippen LogP contribution < -0.4 is 0 Å². The van der Waals surface area contributed by atoms with Crippen LogP contribution in [0, 0.1) is 6.92 Å². The number of imidazole rings is 1. The molecule has 0 bridgehead atoms. The molecule has 0 N–H and O–H groups in total. The lowest BCUT2D eigenvalue weighted by molar-refractivity contribution is 0.498. The highest BCUT2D eigenvalue weighted by atomic mass is 15.1. The maximum atomic E-state index is 4.77. The van der Waals surface area contributed by atoms with Crippen LogP contribution in [-0.4, -0.2) is 27.5 Å². The normalized spacial score (nSPS) is 16.3. The van der Waals surface area contributed by atoms with Crippen LogP contribution in [0.3, 0.4) is 0 Å². The average molecular weight is 276 g/mol. The Hall–Kier alpha value is -2.49. The fourth-order valence-electron chi connectivity index (χ4n) is 2.97. The third kappa shape index (κ3) is 1.87. The van der Waals surface area contributed by atoms with E-state index in [1.807, 2.05) is 6.92 Å². The molecule has 1 aliphatic heterocycles. The Balaban J connectivity index is 1.93. The molecule has 1 aliphatic rings. The summed E-state index contributed by atoms with van der Waals surface area (Å²) in [6, 6.07) is 10.5. The van der Waals surface area contributed by atoms with Gasteiger partial charge in [0.05, 0.1) is 5.69 Å². The molecule has 3 aromatic rings. The van der Waals surface area contributed by atoms with Crippen molar-refractivity contribution in [2.75, 3.05) is 0 Å². The van der Waals surface area contributed by atoms with E-state index in [0.717, 1.165) is 17.8 Å². The Labute approximate surface area is 122 Å². The summed E-state index contributed by atoms with van der Waals surface area (Å²) in [4.78, 5) is 13.7. The predicted octanol–water partition coefficient (Wildman–Crippen LogP) is 3.21. The van der Waals surface area contributed by atoms with Gasteiger partial charge in [-0.05, 0) is 25.3 Å². The minimum absolute atomic E-state index is 0.396. The van der Waals surface area contributed by atoms with Crippen LogP contribution in [0.25, 0.3) is 16.4 Å². The lowest BCUT2D eigenvalue weighted by Crippen LogP contribution is -2.21. The Bertz CT molecular complexity index is 890. The van der Waals surface area contributed by atoms with Gasteiger partial charge < -0.3 is 4.40 Å². The number of aromatic nitrogens is 2. The molecule has 0 radical (unpaired) electrons. The highest BCUT2D eigenvalue weighted by molar-refractivity contribution is 6.17. The molecule has 21 heavy (non-hydrogen) atoms. The third-order valence-corrected chi connectivity index (χ3v) is 4.09. The molecule has 0 fully saturated rings. The molecule has 0 saturated carbocycles. The van der Waals surface area contributed by atoms with Crippen molar-refractivity contribution in [2.45, 2.75) is 25.9 Å². The zero-order valence-corrected chi connectivity index (χ0v) is 12.1. The van der Waals surface area contributed by atoms with Crippen molar-refractivity contribution in [3.8, 4) is 0 Å². The van der Waals surface area contributed by atoms with E-state index in [9.17, 15) is 0 Å². The van der Waals surface area contributed by atoms with Gasteiger partial charge in [0.2, 0.25) is 0 Å². The van der Waals surface area contributed by atoms with Gasteiger partial charge in [-0.2, -0.15) is 0 Å². The maximum absolute atomic E-state index is 4.77. The standard InChI is InChI=1S/C17H16N4/c1-12-15(11-17(2)18-8-9-19-17)21-10-7-13-5-3-4-6-14(13)16(21)20-12/h3-10H,11H2,1-2H3. The summed E-state index contributed by atoms with van der Waals surface area (Å²) in [5.74, 6) is 0. The lowest BCUT2D eigenvalue weighted by atomic mass is 10.1. The van der Waals surface area contributed by atoms with Gasteiger partial charge in [0, 0.05) is 36.1 Å². The molecule has 0 atom stereocenters. The molecule has 104 valence electrons. The number of nitrogens with zero attached hydrogens (tertiary/aromatic N) is 4. The van der Waals surface area contributed by atoms with Crippen LogP contribution in [0.5, 0.6) is 0 Å². The summed E-state index contributed by atoms with van der Waals surface area (Å²) < 4.78 is 2.17. The van der Waals surface area contributed by atoms with E-state index in [2.05, 4.69) is 57.8 Å². The molecule has 1 aromatic carbocycles. The molecule has 4 heteroatoms. The molecule has 0 unspecified atom stereocenters. The van der Waals surface area contributed by atoms with Gasteiger partial charge in [0.25, 0.3) is 0 Å². The van der Waals surface area contributed by atoms with Gasteiger partial charge in [0.1, 0.15) is 5.65 Å². The number of benzene rings is 1. The molecule has 4 rings (SSSR count). The minimum atomic E-state index is -0.396. The number of rotatable bonds is 2. The van der Waals surface area contributed by atoms with Crippen LogP contribution in [-0.2, 0) is 6.42 Å². The molecule has 2 aromatic heterocycles. The first-order valence-electron chi connectivity index (χ1n) is 7.11. The SMILES string of the molecule is Cc1nc2c3ccccc3ccn2c1CC1(C)N=CC=N1. The number of aryl methyl sites for hydroxylation is 1. The molecule has 0 spiro atoms. The Morgan fingerprint density at radius 3 is 2.67 bits per heavy atom. The first kappa shape index (κ1) is 12.3. The topological polar surface area (TPSA) is 42.0 Å². The van der Waals surface area contributed by atoms with Crippen molar-refractivity contribution in [3.63, 3.8) is 0 Å². The molecule has 4 nitrogen and oxygen atoms in total. The number of aliphatic imine (C=N–C) groups is 2. The summed E-state index contributed by atoms with van der Waals surface area (Å²) in [6.45, 7) is 4.11. The average Bonchev–Trinajstić information content (AvgIpc) is 3.04. The Kier molecular flexibility index (Phi) is 2.48. The van der Waals surface area contributed by atoms with E-state index >= 15 is 0 Å². The molecule has 0 aliphatic carbocycles.